The average Bonchev–Trinajstić information content (AvgIpc) is 2.92. The summed E-state index contributed by atoms with van der Waals surface area (Å²) < 4.78 is 8.79. The Balaban J connectivity index is 1.53. The number of hydrogen-bond donors (Lipinski definition) is 1. The van der Waals surface area contributed by atoms with Gasteiger partial charge in [0.2, 0.25) is 0 Å². The van der Waals surface area contributed by atoms with Crippen molar-refractivity contribution in [2.45, 2.75) is 20.4 Å². The normalized spacial score (nSPS) is 10.8. The molecule has 0 aliphatic rings. The van der Waals surface area contributed by atoms with Gasteiger partial charge in [-0.2, -0.15) is 5.10 Å². The summed E-state index contributed by atoms with van der Waals surface area (Å²) in [6.45, 7) is 6.37. The molecule has 0 spiro atoms. The van der Waals surface area contributed by atoms with Gasteiger partial charge in [0.15, 0.2) is 0 Å². The Morgan fingerprint density at radius 2 is 1.76 bits per heavy atom. The molecular weight excluding hydrogens is 378 g/mol. The molecule has 0 aliphatic carbocycles. The number of hydrogen-bond acceptors (Lipinski definition) is 3. The minimum absolute atomic E-state index is 0.631. The van der Waals surface area contributed by atoms with Crippen LogP contribution in [0.25, 0.3) is 5.69 Å². The maximum atomic E-state index is 5.73. The van der Waals surface area contributed by atoms with Gasteiger partial charge in [0.05, 0.1) is 11.4 Å². The van der Waals surface area contributed by atoms with Crippen LogP contribution in [0.2, 0.25) is 0 Å². The molecule has 0 radical (unpaired) electrons. The standard InChI is InChI=1S/C20H22BrN3O/c1-15-20(16(2)24(23-15)18-6-4-3-5-7-18)14-22-12-13-25-19-10-8-17(21)9-11-19/h3-11,22H,12-14H2,1-2H3. The van der Waals surface area contributed by atoms with E-state index in [1.807, 2.05) is 47.1 Å². The first kappa shape index (κ1) is 17.7. The van der Waals surface area contributed by atoms with Crippen molar-refractivity contribution in [1.29, 1.82) is 0 Å². The van der Waals surface area contributed by atoms with Gasteiger partial charge in [0.1, 0.15) is 12.4 Å². The van der Waals surface area contributed by atoms with E-state index in [0.29, 0.717) is 6.61 Å². The highest BCUT2D eigenvalue weighted by Crippen LogP contribution is 2.18. The maximum Gasteiger partial charge on any atom is 0.119 e. The topological polar surface area (TPSA) is 39.1 Å². The van der Waals surface area contributed by atoms with Crippen molar-refractivity contribution in [2.75, 3.05) is 13.2 Å². The molecule has 5 heteroatoms. The Morgan fingerprint density at radius 3 is 2.48 bits per heavy atom. The lowest BCUT2D eigenvalue weighted by Gasteiger charge is -2.08. The Kier molecular flexibility index (Phi) is 5.89. The quantitative estimate of drug-likeness (QED) is 0.597. The molecule has 0 saturated heterocycles. The number of aryl methyl sites for hydroxylation is 1. The molecule has 4 nitrogen and oxygen atoms in total. The van der Waals surface area contributed by atoms with E-state index in [4.69, 9.17) is 4.74 Å². The fraction of sp³-hybridized carbons (Fsp3) is 0.250. The van der Waals surface area contributed by atoms with Crippen LogP contribution in [-0.2, 0) is 6.54 Å². The maximum absolute atomic E-state index is 5.73. The lowest BCUT2D eigenvalue weighted by molar-refractivity contribution is 0.313. The summed E-state index contributed by atoms with van der Waals surface area (Å²) in [5, 5.41) is 8.12. The Hall–Kier alpha value is -2.11. The number of nitrogens with one attached hydrogen (secondary N) is 1. The number of rotatable bonds is 7. The summed E-state index contributed by atoms with van der Waals surface area (Å²) in [6.07, 6.45) is 0. The van der Waals surface area contributed by atoms with Crippen LogP contribution in [0.3, 0.4) is 0 Å². The monoisotopic (exact) mass is 399 g/mol. The van der Waals surface area contributed by atoms with E-state index in [-0.39, 0.29) is 0 Å². The lowest BCUT2D eigenvalue weighted by Crippen LogP contribution is -2.21. The minimum atomic E-state index is 0.631. The first-order valence-electron chi connectivity index (χ1n) is 8.35. The highest BCUT2D eigenvalue weighted by atomic mass is 79.9. The molecule has 1 aromatic heterocycles. The van der Waals surface area contributed by atoms with Gasteiger partial charge >= 0.3 is 0 Å². The number of ether oxygens (including phenoxy) is 1. The van der Waals surface area contributed by atoms with E-state index < -0.39 is 0 Å². The van der Waals surface area contributed by atoms with Gasteiger partial charge in [-0.3, -0.25) is 0 Å². The lowest BCUT2D eigenvalue weighted by atomic mass is 10.2. The summed E-state index contributed by atoms with van der Waals surface area (Å²) in [6, 6.07) is 18.1. The first-order chi connectivity index (χ1) is 12.1. The van der Waals surface area contributed by atoms with Crippen LogP contribution >= 0.6 is 15.9 Å². The van der Waals surface area contributed by atoms with E-state index >= 15 is 0 Å². The molecule has 25 heavy (non-hydrogen) atoms. The van der Waals surface area contributed by atoms with Crippen molar-refractivity contribution in [2.24, 2.45) is 0 Å². The third kappa shape index (κ3) is 4.50. The van der Waals surface area contributed by atoms with Crippen molar-refractivity contribution in [3.8, 4) is 11.4 Å². The van der Waals surface area contributed by atoms with Gasteiger partial charge in [0.25, 0.3) is 0 Å². The second-order valence-electron chi connectivity index (χ2n) is 5.88. The van der Waals surface area contributed by atoms with Gasteiger partial charge in [-0.15, -0.1) is 0 Å². The zero-order valence-electron chi connectivity index (χ0n) is 14.5. The molecule has 0 amide bonds. The molecule has 2 aromatic carbocycles. The van der Waals surface area contributed by atoms with Gasteiger partial charge in [-0.05, 0) is 50.2 Å². The van der Waals surface area contributed by atoms with Crippen LogP contribution < -0.4 is 10.1 Å². The Labute approximate surface area is 157 Å². The van der Waals surface area contributed by atoms with Crippen LogP contribution in [0.4, 0.5) is 0 Å². The number of para-hydroxylation sites is 1. The molecule has 3 rings (SSSR count). The number of aromatic nitrogens is 2. The van der Waals surface area contributed by atoms with E-state index in [0.717, 1.165) is 34.7 Å². The molecule has 1 heterocycles. The molecule has 0 fully saturated rings. The van der Waals surface area contributed by atoms with E-state index in [2.05, 4.69) is 52.3 Å². The van der Waals surface area contributed by atoms with E-state index in [9.17, 15) is 0 Å². The van der Waals surface area contributed by atoms with Crippen LogP contribution in [0.1, 0.15) is 17.0 Å². The fourth-order valence-electron chi connectivity index (χ4n) is 2.74. The molecule has 130 valence electrons. The molecule has 1 N–H and O–H groups in total. The predicted molar refractivity (Wildman–Crippen MR) is 104 cm³/mol. The third-order valence-corrected chi connectivity index (χ3v) is 4.63. The zero-order chi connectivity index (χ0) is 17.6. The largest absolute Gasteiger partial charge is 0.492 e. The smallest absolute Gasteiger partial charge is 0.119 e. The fourth-order valence-corrected chi connectivity index (χ4v) is 3.00. The molecule has 0 unspecified atom stereocenters. The molecule has 0 atom stereocenters. The van der Waals surface area contributed by atoms with Crippen LogP contribution in [0, 0.1) is 13.8 Å². The van der Waals surface area contributed by atoms with E-state index in [1.165, 1.54) is 11.3 Å². The second-order valence-corrected chi connectivity index (χ2v) is 6.79. The second kappa shape index (κ2) is 8.32. The average molecular weight is 400 g/mol. The molecular formula is C20H22BrN3O. The first-order valence-corrected chi connectivity index (χ1v) is 9.14. The third-order valence-electron chi connectivity index (χ3n) is 4.10. The number of halogens is 1. The Morgan fingerprint density at radius 1 is 1.04 bits per heavy atom. The van der Waals surface area contributed by atoms with Gasteiger partial charge < -0.3 is 10.1 Å². The SMILES string of the molecule is Cc1nn(-c2ccccc2)c(C)c1CNCCOc1ccc(Br)cc1. The molecule has 3 aromatic rings. The number of nitrogens with zero attached hydrogens (tertiary/aromatic N) is 2. The van der Waals surface area contributed by atoms with Gasteiger partial charge in [-0.1, -0.05) is 34.1 Å². The zero-order valence-corrected chi connectivity index (χ0v) is 16.1. The predicted octanol–water partition coefficient (Wildman–Crippen LogP) is 4.42. The summed E-state index contributed by atoms with van der Waals surface area (Å²) in [4.78, 5) is 0. The summed E-state index contributed by atoms with van der Waals surface area (Å²) in [5.74, 6) is 0.884. The highest BCUT2D eigenvalue weighted by Gasteiger charge is 2.12. The molecule has 0 aliphatic heterocycles. The number of benzene rings is 2. The van der Waals surface area contributed by atoms with Crippen molar-refractivity contribution >= 4 is 15.9 Å². The minimum Gasteiger partial charge on any atom is -0.492 e. The van der Waals surface area contributed by atoms with Crippen molar-refractivity contribution in [3.05, 3.63) is 76.0 Å². The Bertz CT molecular complexity index is 813. The van der Waals surface area contributed by atoms with Gasteiger partial charge in [0, 0.05) is 28.8 Å². The summed E-state index contributed by atoms with van der Waals surface area (Å²) in [7, 11) is 0. The summed E-state index contributed by atoms with van der Waals surface area (Å²) >= 11 is 3.42. The van der Waals surface area contributed by atoms with Crippen molar-refractivity contribution in [1.82, 2.24) is 15.1 Å². The molecule has 0 bridgehead atoms. The van der Waals surface area contributed by atoms with Crippen molar-refractivity contribution < 1.29 is 4.74 Å². The van der Waals surface area contributed by atoms with Crippen LogP contribution in [-0.4, -0.2) is 22.9 Å². The van der Waals surface area contributed by atoms with Gasteiger partial charge in [-0.25, -0.2) is 4.68 Å². The van der Waals surface area contributed by atoms with Crippen LogP contribution in [0.5, 0.6) is 5.75 Å². The van der Waals surface area contributed by atoms with Crippen LogP contribution in [0.15, 0.2) is 59.1 Å². The summed E-state index contributed by atoms with van der Waals surface area (Å²) in [5.41, 5.74) is 4.56. The highest BCUT2D eigenvalue weighted by molar-refractivity contribution is 9.10. The van der Waals surface area contributed by atoms with E-state index in [1.54, 1.807) is 0 Å². The van der Waals surface area contributed by atoms with Crippen molar-refractivity contribution in [3.63, 3.8) is 0 Å². The molecule has 0 saturated carbocycles.